The number of aliphatic hydroxyl groups is 1. The predicted octanol–water partition coefficient (Wildman–Crippen LogP) is 2.87. The number of rotatable bonds is 0. The lowest BCUT2D eigenvalue weighted by Gasteiger charge is -2.43. The number of phenolic OH excluding ortho intramolecular Hbond substituents is 3. The number of aromatic hydroxyl groups is 3. The van der Waals surface area contributed by atoms with Gasteiger partial charge in [0.05, 0.1) is 0 Å². The summed E-state index contributed by atoms with van der Waals surface area (Å²) in [6.07, 6.45) is 0.255. The van der Waals surface area contributed by atoms with Crippen LogP contribution >= 0.6 is 0 Å². The van der Waals surface area contributed by atoms with E-state index in [2.05, 4.69) is 0 Å². The lowest BCUT2D eigenvalue weighted by atomic mass is 9.75. The highest BCUT2D eigenvalue weighted by atomic mass is 16.5. The molecule has 0 bridgehead atoms. The molecule has 4 rings (SSSR count). The molecule has 132 valence electrons. The molecule has 0 unspecified atom stereocenters. The molecule has 0 radical (unpaired) electrons. The second kappa shape index (κ2) is 5.05. The maximum absolute atomic E-state index is 11.1. The lowest BCUT2D eigenvalue weighted by Crippen LogP contribution is -2.49. The first-order valence-electron chi connectivity index (χ1n) is 8.48. The Labute approximate surface area is 146 Å². The van der Waals surface area contributed by atoms with Crippen LogP contribution < -0.4 is 4.74 Å². The van der Waals surface area contributed by atoms with E-state index in [9.17, 15) is 20.4 Å². The molecular formula is C20H22O5. The minimum absolute atomic E-state index is 0.135. The van der Waals surface area contributed by atoms with E-state index in [1.54, 1.807) is 19.1 Å². The van der Waals surface area contributed by atoms with Gasteiger partial charge in [-0.3, -0.25) is 0 Å². The van der Waals surface area contributed by atoms with E-state index in [0.29, 0.717) is 29.7 Å². The Morgan fingerprint density at radius 2 is 1.80 bits per heavy atom. The Bertz CT molecular complexity index is 884. The van der Waals surface area contributed by atoms with Crippen molar-refractivity contribution in [3.05, 3.63) is 46.0 Å². The van der Waals surface area contributed by atoms with Crippen LogP contribution in [-0.2, 0) is 12.8 Å². The molecule has 0 saturated heterocycles. The van der Waals surface area contributed by atoms with Gasteiger partial charge in [-0.2, -0.15) is 0 Å². The number of hydrogen-bond donors (Lipinski definition) is 4. The standard InChI is InChI=1S/C20H22O5/c1-9-14(22)8-10-4-5-12-11(6-7-13(21)17(12)23)16-15(10)18(9)25-20(2,3)19(16)24/h6-8,16,19,21-24H,4-5H2,1-3H3/t16-,19+/m1/s1. The number of hydrogen-bond acceptors (Lipinski definition) is 5. The monoisotopic (exact) mass is 342 g/mol. The number of aliphatic hydroxyl groups excluding tert-OH is 1. The number of fused-ring (bicyclic) bond motifs is 2. The predicted molar refractivity (Wildman–Crippen MR) is 92.6 cm³/mol. The summed E-state index contributed by atoms with van der Waals surface area (Å²) in [5, 5.41) is 41.6. The van der Waals surface area contributed by atoms with E-state index in [0.717, 1.165) is 16.7 Å². The van der Waals surface area contributed by atoms with Gasteiger partial charge in [0, 0.05) is 22.6 Å². The molecule has 0 spiro atoms. The molecule has 2 aromatic carbocycles. The smallest absolute Gasteiger partial charge is 0.160 e. The summed E-state index contributed by atoms with van der Waals surface area (Å²) in [5.74, 6) is 0.0829. The molecule has 2 aliphatic rings. The van der Waals surface area contributed by atoms with Crippen LogP contribution in [0.1, 0.15) is 47.6 Å². The highest BCUT2D eigenvalue weighted by molar-refractivity contribution is 5.63. The maximum atomic E-state index is 11.1. The fourth-order valence-corrected chi connectivity index (χ4v) is 4.16. The number of aryl methyl sites for hydroxylation is 1. The molecule has 0 aromatic heterocycles. The fraction of sp³-hybridized carbons (Fsp3) is 0.400. The first-order chi connectivity index (χ1) is 11.7. The van der Waals surface area contributed by atoms with Gasteiger partial charge in [-0.05, 0) is 56.9 Å². The Morgan fingerprint density at radius 3 is 2.52 bits per heavy atom. The van der Waals surface area contributed by atoms with Gasteiger partial charge in [-0.15, -0.1) is 0 Å². The molecule has 0 amide bonds. The molecule has 1 aliphatic heterocycles. The van der Waals surface area contributed by atoms with Crippen LogP contribution in [0.25, 0.3) is 0 Å². The summed E-state index contributed by atoms with van der Waals surface area (Å²) in [6.45, 7) is 5.43. The molecule has 2 atom stereocenters. The topological polar surface area (TPSA) is 90.2 Å². The summed E-state index contributed by atoms with van der Waals surface area (Å²) >= 11 is 0. The van der Waals surface area contributed by atoms with Gasteiger partial charge in [-0.1, -0.05) is 6.07 Å². The number of ether oxygens (including phenoxy) is 1. The fourth-order valence-electron chi connectivity index (χ4n) is 4.16. The lowest BCUT2D eigenvalue weighted by molar-refractivity contribution is -0.0519. The Morgan fingerprint density at radius 1 is 1.08 bits per heavy atom. The summed E-state index contributed by atoms with van der Waals surface area (Å²) < 4.78 is 6.09. The van der Waals surface area contributed by atoms with Crippen molar-refractivity contribution in [2.75, 3.05) is 0 Å². The van der Waals surface area contributed by atoms with Crippen molar-refractivity contribution in [3.63, 3.8) is 0 Å². The van der Waals surface area contributed by atoms with Gasteiger partial charge in [0.25, 0.3) is 0 Å². The zero-order chi connectivity index (χ0) is 18.1. The van der Waals surface area contributed by atoms with Crippen molar-refractivity contribution in [1.29, 1.82) is 0 Å². The summed E-state index contributed by atoms with van der Waals surface area (Å²) in [4.78, 5) is 0. The van der Waals surface area contributed by atoms with Gasteiger partial charge in [0.1, 0.15) is 23.2 Å². The van der Waals surface area contributed by atoms with Crippen molar-refractivity contribution < 1.29 is 25.2 Å². The molecule has 0 saturated carbocycles. The van der Waals surface area contributed by atoms with Crippen molar-refractivity contribution in [1.82, 2.24) is 0 Å². The molecule has 2 aromatic rings. The highest BCUT2D eigenvalue weighted by Crippen LogP contribution is 2.53. The van der Waals surface area contributed by atoms with Crippen LogP contribution in [-0.4, -0.2) is 32.1 Å². The first-order valence-corrected chi connectivity index (χ1v) is 8.48. The third-order valence-electron chi connectivity index (χ3n) is 5.61. The average Bonchev–Trinajstić information content (AvgIpc) is 2.71. The van der Waals surface area contributed by atoms with Crippen LogP contribution in [0.2, 0.25) is 0 Å². The summed E-state index contributed by atoms with van der Waals surface area (Å²) in [6, 6.07) is 4.94. The SMILES string of the molecule is Cc1c(O)cc2c3c1OC(C)(C)[C@@H](O)[C@@H]3c1ccc(O)c(O)c1CC2. The average molecular weight is 342 g/mol. The molecule has 1 aliphatic carbocycles. The van der Waals surface area contributed by atoms with Crippen LogP contribution in [0, 0.1) is 6.92 Å². The second-order valence-corrected chi connectivity index (χ2v) is 7.55. The normalized spacial score (nSPS) is 23.2. The Hall–Kier alpha value is -2.40. The van der Waals surface area contributed by atoms with Crippen LogP contribution in [0.5, 0.6) is 23.0 Å². The zero-order valence-electron chi connectivity index (χ0n) is 14.5. The largest absolute Gasteiger partial charge is 0.508 e. The van der Waals surface area contributed by atoms with Gasteiger partial charge >= 0.3 is 0 Å². The van der Waals surface area contributed by atoms with E-state index in [-0.39, 0.29) is 17.2 Å². The number of benzene rings is 2. The minimum atomic E-state index is -0.859. The van der Waals surface area contributed by atoms with E-state index in [1.807, 2.05) is 13.8 Å². The van der Waals surface area contributed by atoms with Crippen LogP contribution in [0.15, 0.2) is 18.2 Å². The third-order valence-corrected chi connectivity index (χ3v) is 5.61. The number of phenols is 3. The van der Waals surface area contributed by atoms with E-state index < -0.39 is 17.6 Å². The Balaban J connectivity index is 2.08. The van der Waals surface area contributed by atoms with Crippen molar-refractivity contribution in [2.24, 2.45) is 0 Å². The molecule has 5 nitrogen and oxygen atoms in total. The van der Waals surface area contributed by atoms with Crippen molar-refractivity contribution >= 4 is 0 Å². The quantitative estimate of drug-likeness (QED) is 0.553. The van der Waals surface area contributed by atoms with Gasteiger partial charge in [0.2, 0.25) is 0 Å². The van der Waals surface area contributed by atoms with Crippen LogP contribution in [0.3, 0.4) is 0 Å². The van der Waals surface area contributed by atoms with E-state index in [4.69, 9.17) is 4.74 Å². The maximum Gasteiger partial charge on any atom is 0.160 e. The van der Waals surface area contributed by atoms with Crippen LogP contribution in [0.4, 0.5) is 0 Å². The van der Waals surface area contributed by atoms with Crippen molar-refractivity contribution in [3.8, 4) is 23.0 Å². The summed E-state index contributed by atoms with van der Waals surface area (Å²) in [5.41, 5.74) is 2.99. The van der Waals surface area contributed by atoms with Gasteiger partial charge in [0.15, 0.2) is 11.5 Å². The Kier molecular flexibility index (Phi) is 3.25. The first kappa shape index (κ1) is 16.1. The molecule has 5 heteroatoms. The zero-order valence-corrected chi connectivity index (χ0v) is 14.5. The second-order valence-electron chi connectivity index (χ2n) is 7.55. The van der Waals surface area contributed by atoms with Crippen molar-refractivity contribution in [2.45, 2.75) is 51.2 Å². The molecular weight excluding hydrogens is 320 g/mol. The molecule has 25 heavy (non-hydrogen) atoms. The van der Waals surface area contributed by atoms with Gasteiger partial charge < -0.3 is 25.2 Å². The highest BCUT2D eigenvalue weighted by Gasteiger charge is 2.47. The molecule has 1 heterocycles. The van der Waals surface area contributed by atoms with E-state index in [1.165, 1.54) is 6.07 Å². The molecule has 0 fully saturated rings. The third kappa shape index (κ3) is 2.12. The summed E-state index contributed by atoms with van der Waals surface area (Å²) in [7, 11) is 0. The minimum Gasteiger partial charge on any atom is -0.508 e. The van der Waals surface area contributed by atoms with Gasteiger partial charge in [-0.25, -0.2) is 0 Å². The van der Waals surface area contributed by atoms with E-state index >= 15 is 0 Å². The molecule has 4 N–H and O–H groups in total.